The molecule has 3 heterocycles. The van der Waals surface area contributed by atoms with Crippen molar-refractivity contribution in [2.75, 3.05) is 13.1 Å². The summed E-state index contributed by atoms with van der Waals surface area (Å²) in [5.41, 5.74) is 1.95. The van der Waals surface area contributed by atoms with Gasteiger partial charge in [-0.2, -0.15) is 0 Å². The number of likely N-dealkylation sites (tertiary alicyclic amines) is 1. The van der Waals surface area contributed by atoms with E-state index in [2.05, 4.69) is 20.8 Å². The van der Waals surface area contributed by atoms with Gasteiger partial charge in [0, 0.05) is 41.8 Å². The van der Waals surface area contributed by atoms with E-state index in [0.29, 0.717) is 34.3 Å². The summed E-state index contributed by atoms with van der Waals surface area (Å²) in [5, 5.41) is 1.04. The zero-order valence-electron chi connectivity index (χ0n) is 18.3. The molecule has 2 aromatic rings. The van der Waals surface area contributed by atoms with E-state index >= 15 is 0 Å². The van der Waals surface area contributed by atoms with E-state index in [4.69, 9.17) is 12.2 Å². The molecule has 0 aliphatic carbocycles. The Labute approximate surface area is 193 Å². The molecule has 4 rings (SSSR count). The third kappa shape index (κ3) is 4.58. The van der Waals surface area contributed by atoms with Crippen molar-refractivity contribution in [1.29, 1.82) is 0 Å². The van der Waals surface area contributed by atoms with Crippen molar-refractivity contribution in [3.63, 3.8) is 0 Å². The zero-order valence-corrected chi connectivity index (χ0v) is 20.0. The number of hydrogen-bond acceptors (Lipinski definition) is 4. The normalized spacial score (nSPS) is 21.2. The van der Waals surface area contributed by atoms with Gasteiger partial charge in [0.25, 0.3) is 5.91 Å². The van der Waals surface area contributed by atoms with Crippen LogP contribution in [0.2, 0.25) is 0 Å². The maximum absolute atomic E-state index is 13.0. The van der Waals surface area contributed by atoms with Gasteiger partial charge in [-0.25, -0.2) is 0 Å². The van der Waals surface area contributed by atoms with Crippen LogP contribution >= 0.6 is 24.0 Å². The number of thiocarbonyl (C=S) groups is 1. The van der Waals surface area contributed by atoms with Gasteiger partial charge in [0.2, 0.25) is 5.91 Å². The van der Waals surface area contributed by atoms with E-state index in [1.54, 1.807) is 4.90 Å². The largest absolute Gasteiger partial charge is 0.338 e. The van der Waals surface area contributed by atoms with Crippen LogP contribution in [0.4, 0.5) is 0 Å². The highest BCUT2D eigenvalue weighted by molar-refractivity contribution is 8.26. The van der Waals surface area contributed by atoms with Crippen molar-refractivity contribution in [1.82, 2.24) is 14.4 Å². The average molecular weight is 456 g/mol. The minimum absolute atomic E-state index is 0.0289. The molecule has 0 saturated carbocycles. The first-order chi connectivity index (χ1) is 14.8. The number of benzene rings is 1. The molecular formula is C24H29N3O2S2. The second kappa shape index (κ2) is 9.17. The number of amides is 2. The highest BCUT2D eigenvalue weighted by Gasteiger charge is 2.32. The monoisotopic (exact) mass is 455 g/mol. The van der Waals surface area contributed by atoms with Crippen LogP contribution in [0.5, 0.6) is 0 Å². The van der Waals surface area contributed by atoms with E-state index in [9.17, 15) is 9.59 Å². The Bertz CT molecular complexity index is 1060. The predicted octanol–water partition coefficient (Wildman–Crippen LogP) is 4.90. The second-order valence-electron chi connectivity index (χ2n) is 8.85. The van der Waals surface area contributed by atoms with Crippen LogP contribution in [0.25, 0.3) is 17.0 Å². The van der Waals surface area contributed by atoms with Crippen molar-refractivity contribution >= 4 is 57.1 Å². The number of piperidine rings is 1. The molecular weight excluding hydrogens is 426 g/mol. The summed E-state index contributed by atoms with van der Waals surface area (Å²) >= 11 is 6.80. The highest BCUT2D eigenvalue weighted by atomic mass is 32.2. The average Bonchev–Trinajstić information content (AvgIpc) is 3.20. The molecule has 0 spiro atoms. The molecule has 31 heavy (non-hydrogen) atoms. The highest BCUT2D eigenvalue weighted by Crippen LogP contribution is 2.35. The van der Waals surface area contributed by atoms with E-state index in [-0.39, 0.29) is 11.8 Å². The molecule has 1 aromatic heterocycles. The van der Waals surface area contributed by atoms with Crippen LogP contribution in [-0.4, -0.2) is 49.6 Å². The van der Waals surface area contributed by atoms with Gasteiger partial charge in [-0.3, -0.25) is 14.5 Å². The first-order valence-corrected chi connectivity index (χ1v) is 12.2. The third-order valence-electron chi connectivity index (χ3n) is 5.96. The number of nitrogens with zero attached hydrogens (tertiary/aromatic N) is 3. The molecule has 1 atom stereocenters. The molecule has 0 N–H and O–H groups in total. The van der Waals surface area contributed by atoms with Gasteiger partial charge < -0.3 is 9.47 Å². The molecule has 2 amide bonds. The van der Waals surface area contributed by atoms with Crippen LogP contribution in [0.1, 0.15) is 45.6 Å². The molecule has 164 valence electrons. The Balaban J connectivity index is 1.63. The number of hydrogen-bond donors (Lipinski definition) is 0. The van der Waals surface area contributed by atoms with Gasteiger partial charge in [-0.15, -0.1) is 0 Å². The van der Waals surface area contributed by atoms with Crippen LogP contribution in [0.3, 0.4) is 0 Å². The standard InChI is InChI=1S/C24H29N3O2S2/c1-16(2)13-27-23(29)21(31-24(27)30)12-18-14-25(20-10-5-4-9-19(18)20)15-22(28)26-11-7-6-8-17(26)3/h4-5,9-10,12,14,16-17H,6-8,11,13,15H2,1-3H3/b21-12-/t17-/m1/s1. The third-order valence-corrected chi connectivity index (χ3v) is 7.33. The lowest BCUT2D eigenvalue weighted by Crippen LogP contribution is -2.43. The second-order valence-corrected chi connectivity index (χ2v) is 10.5. The minimum atomic E-state index is -0.0289. The van der Waals surface area contributed by atoms with Crippen LogP contribution < -0.4 is 0 Å². The van der Waals surface area contributed by atoms with Crippen LogP contribution in [-0.2, 0) is 16.1 Å². The molecule has 0 bridgehead atoms. The Morgan fingerprint density at radius 1 is 1.29 bits per heavy atom. The maximum atomic E-state index is 13.0. The molecule has 2 aliphatic rings. The van der Waals surface area contributed by atoms with Gasteiger partial charge >= 0.3 is 0 Å². The zero-order chi connectivity index (χ0) is 22.1. The Morgan fingerprint density at radius 2 is 2.06 bits per heavy atom. The minimum Gasteiger partial charge on any atom is -0.338 e. The Morgan fingerprint density at radius 3 is 2.81 bits per heavy atom. The van der Waals surface area contributed by atoms with Gasteiger partial charge in [0.1, 0.15) is 10.9 Å². The molecule has 2 saturated heterocycles. The summed E-state index contributed by atoms with van der Waals surface area (Å²) in [6, 6.07) is 8.34. The van der Waals surface area contributed by atoms with E-state index in [1.165, 1.54) is 18.2 Å². The van der Waals surface area contributed by atoms with Crippen molar-refractivity contribution in [2.45, 2.75) is 52.6 Å². The van der Waals surface area contributed by atoms with Crippen molar-refractivity contribution < 1.29 is 9.59 Å². The van der Waals surface area contributed by atoms with Gasteiger partial charge in [0.15, 0.2) is 0 Å². The topological polar surface area (TPSA) is 45.6 Å². The number of para-hydroxylation sites is 1. The predicted molar refractivity (Wildman–Crippen MR) is 132 cm³/mol. The van der Waals surface area contributed by atoms with E-state index in [1.807, 2.05) is 46.0 Å². The number of carbonyl (C=O) groups excluding carboxylic acids is 2. The quantitative estimate of drug-likeness (QED) is 0.475. The van der Waals surface area contributed by atoms with Crippen molar-refractivity contribution in [2.24, 2.45) is 5.92 Å². The van der Waals surface area contributed by atoms with Crippen LogP contribution in [0, 0.1) is 5.92 Å². The number of carbonyl (C=O) groups is 2. The SMILES string of the molecule is CC(C)CN1C(=O)/C(=C/c2cn(CC(=O)N3CCCC[C@H]3C)c3ccccc23)SC1=S. The fourth-order valence-corrected chi connectivity index (χ4v) is 5.66. The smallest absolute Gasteiger partial charge is 0.266 e. The molecule has 2 fully saturated rings. The summed E-state index contributed by atoms with van der Waals surface area (Å²) < 4.78 is 2.63. The van der Waals surface area contributed by atoms with E-state index in [0.717, 1.165) is 35.9 Å². The fraction of sp³-hybridized carbons (Fsp3) is 0.458. The lowest BCUT2D eigenvalue weighted by molar-refractivity contribution is -0.135. The maximum Gasteiger partial charge on any atom is 0.266 e. The molecule has 0 unspecified atom stereocenters. The summed E-state index contributed by atoms with van der Waals surface area (Å²) in [6.07, 6.45) is 7.25. The summed E-state index contributed by atoms with van der Waals surface area (Å²) in [5.74, 6) is 0.480. The van der Waals surface area contributed by atoms with E-state index < -0.39 is 0 Å². The summed E-state index contributed by atoms with van der Waals surface area (Å²) in [6.45, 7) is 8.07. The number of thioether (sulfide) groups is 1. The number of rotatable bonds is 5. The number of aromatic nitrogens is 1. The lowest BCUT2D eigenvalue weighted by Gasteiger charge is -2.33. The summed E-state index contributed by atoms with van der Waals surface area (Å²) in [7, 11) is 0. The van der Waals surface area contributed by atoms with Gasteiger partial charge in [-0.1, -0.05) is 56.0 Å². The molecule has 2 aliphatic heterocycles. The Hall–Kier alpha value is -2.12. The number of fused-ring (bicyclic) bond motifs is 1. The molecule has 7 heteroatoms. The first-order valence-electron chi connectivity index (χ1n) is 11.0. The molecule has 5 nitrogen and oxygen atoms in total. The Kier molecular flexibility index (Phi) is 6.53. The lowest BCUT2D eigenvalue weighted by atomic mass is 10.0. The van der Waals surface area contributed by atoms with Crippen molar-refractivity contribution in [3.05, 3.63) is 40.9 Å². The molecule has 1 aromatic carbocycles. The van der Waals surface area contributed by atoms with Gasteiger partial charge in [0.05, 0.1) is 4.91 Å². The van der Waals surface area contributed by atoms with Crippen molar-refractivity contribution in [3.8, 4) is 0 Å². The van der Waals surface area contributed by atoms with Crippen LogP contribution in [0.15, 0.2) is 35.4 Å². The van der Waals surface area contributed by atoms with Gasteiger partial charge in [-0.05, 0) is 44.2 Å². The fourth-order valence-electron chi connectivity index (χ4n) is 4.39. The molecule has 0 radical (unpaired) electrons. The first kappa shape index (κ1) is 22.1. The summed E-state index contributed by atoms with van der Waals surface area (Å²) in [4.78, 5) is 30.3.